The van der Waals surface area contributed by atoms with E-state index < -0.39 is 6.09 Å². The number of nitrogens with two attached hydrogens (primary N) is 1. The topological polar surface area (TPSA) is 61.6 Å². The second kappa shape index (κ2) is 3.21. The number of rotatable bonds is 1. The number of hydrogen-bond acceptors (Lipinski definition) is 3. The van der Waals surface area contributed by atoms with Gasteiger partial charge in [0.15, 0.2) is 0 Å². The highest BCUT2D eigenvalue weighted by Gasteiger charge is 2.20. The van der Waals surface area contributed by atoms with Gasteiger partial charge in [0.1, 0.15) is 11.5 Å². The summed E-state index contributed by atoms with van der Waals surface area (Å²) < 4.78 is 10.1. The lowest BCUT2D eigenvalue weighted by Gasteiger charge is -2.03. The SMILES string of the molecule is CC1COc2cc(OC(N)=O)ccc21. The Morgan fingerprint density at radius 3 is 3.14 bits per heavy atom. The average molecular weight is 193 g/mol. The molecule has 1 amide bonds. The van der Waals surface area contributed by atoms with E-state index in [2.05, 4.69) is 6.92 Å². The van der Waals surface area contributed by atoms with E-state index in [4.69, 9.17) is 15.2 Å². The first-order valence-electron chi connectivity index (χ1n) is 4.41. The van der Waals surface area contributed by atoms with Gasteiger partial charge in [-0.15, -0.1) is 0 Å². The Kier molecular flexibility index (Phi) is 2.04. The molecule has 0 fully saturated rings. The van der Waals surface area contributed by atoms with Crippen molar-refractivity contribution in [3.05, 3.63) is 23.8 Å². The number of hydrogen-bond donors (Lipinski definition) is 1. The van der Waals surface area contributed by atoms with E-state index in [0.717, 1.165) is 11.3 Å². The second-order valence-electron chi connectivity index (χ2n) is 3.33. The molecule has 0 bridgehead atoms. The van der Waals surface area contributed by atoms with Crippen LogP contribution in [0, 0.1) is 0 Å². The van der Waals surface area contributed by atoms with Crippen LogP contribution in [0.5, 0.6) is 11.5 Å². The molecule has 1 aromatic rings. The molecular weight excluding hydrogens is 182 g/mol. The number of fused-ring (bicyclic) bond motifs is 1. The lowest BCUT2D eigenvalue weighted by atomic mass is 10.0. The number of carbonyl (C=O) groups excluding carboxylic acids is 1. The molecule has 1 aromatic carbocycles. The normalized spacial score (nSPS) is 18.5. The highest BCUT2D eigenvalue weighted by Crippen LogP contribution is 2.35. The summed E-state index contributed by atoms with van der Waals surface area (Å²) >= 11 is 0. The molecule has 1 aliphatic rings. The van der Waals surface area contributed by atoms with Crippen molar-refractivity contribution in [1.82, 2.24) is 0 Å². The fourth-order valence-corrected chi connectivity index (χ4v) is 1.53. The maximum atomic E-state index is 10.5. The summed E-state index contributed by atoms with van der Waals surface area (Å²) in [5, 5.41) is 0. The minimum atomic E-state index is -0.809. The molecule has 1 atom stereocenters. The van der Waals surface area contributed by atoms with Gasteiger partial charge >= 0.3 is 6.09 Å². The number of primary amides is 1. The van der Waals surface area contributed by atoms with E-state index in [0.29, 0.717) is 18.3 Å². The van der Waals surface area contributed by atoms with Crippen molar-refractivity contribution in [2.24, 2.45) is 5.73 Å². The van der Waals surface area contributed by atoms with E-state index in [1.54, 1.807) is 12.1 Å². The van der Waals surface area contributed by atoms with E-state index in [1.807, 2.05) is 6.07 Å². The molecule has 0 radical (unpaired) electrons. The zero-order valence-electron chi connectivity index (χ0n) is 7.82. The van der Waals surface area contributed by atoms with Crippen LogP contribution in [0.4, 0.5) is 4.79 Å². The van der Waals surface area contributed by atoms with Crippen LogP contribution < -0.4 is 15.2 Å². The summed E-state index contributed by atoms with van der Waals surface area (Å²) in [4.78, 5) is 10.5. The quantitative estimate of drug-likeness (QED) is 0.737. The van der Waals surface area contributed by atoms with Gasteiger partial charge in [-0.25, -0.2) is 4.79 Å². The largest absolute Gasteiger partial charge is 0.493 e. The van der Waals surface area contributed by atoms with Gasteiger partial charge in [0.2, 0.25) is 0 Å². The molecule has 4 nitrogen and oxygen atoms in total. The van der Waals surface area contributed by atoms with Crippen LogP contribution in [-0.4, -0.2) is 12.7 Å². The predicted molar refractivity (Wildman–Crippen MR) is 50.6 cm³/mol. The standard InChI is InChI=1S/C10H11NO3/c1-6-5-13-9-4-7(14-10(11)12)2-3-8(6)9/h2-4,6H,5H2,1H3,(H2,11,12). The van der Waals surface area contributed by atoms with E-state index >= 15 is 0 Å². The second-order valence-corrected chi connectivity index (χ2v) is 3.33. The maximum absolute atomic E-state index is 10.5. The number of ether oxygens (including phenoxy) is 2. The van der Waals surface area contributed by atoms with Crippen LogP contribution in [0.3, 0.4) is 0 Å². The molecule has 0 saturated carbocycles. The highest BCUT2D eigenvalue weighted by molar-refractivity contribution is 5.68. The molecule has 1 heterocycles. The van der Waals surface area contributed by atoms with Crippen molar-refractivity contribution in [1.29, 1.82) is 0 Å². The molecular formula is C10H11NO3. The van der Waals surface area contributed by atoms with Crippen molar-refractivity contribution < 1.29 is 14.3 Å². The molecule has 0 aromatic heterocycles. The fourth-order valence-electron chi connectivity index (χ4n) is 1.53. The van der Waals surface area contributed by atoms with Crippen molar-refractivity contribution in [3.8, 4) is 11.5 Å². The zero-order valence-corrected chi connectivity index (χ0v) is 7.82. The van der Waals surface area contributed by atoms with Crippen molar-refractivity contribution >= 4 is 6.09 Å². The first-order chi connectivity index (χ1) is 6.66. The monoisotopic (exact) mass is 193 g/mol. The van der Waals surface area contributed by atoms with E-state index in [1.165, 1.54) is 0 Å². The predicted octanol–water partition coefficient (Wildman–Crippen LogP) is 1.64. The maximum Gasteiger partial charge on any atom is 0.409 e. The Labute approximate surface area is 81.6 Å². The van der Waals surface area contributed by atoms with Crippen LogP contribution in [-0.2, 0) is 0 Å². The zero-order chi connectivity index (χ0) is 10.1. The first kappa shape index (κ1) is 8.87. The molecule has 0 aliphatic carbocycles. The Morgan fingerprint density at radius 1 is 1.64 bits per heavy atom. The third kappa shape index (κ3) is 1.51. The molecule has 2 rings (SSSR count). The lowest BCUT2D eigenvalue weighted by molar-refractivity contribution is 0.210. The highest BCUT2D eigenvalue weighted by atomic mass is 16.5. The van der Waals surface area contributed by atoms with Gasteiger partial charge in [0.05, 0.1) is 6.61 Å². The van der Waals surface area contributed by atoms with Crippen molar-refractivity contribution in [3.63, 3.8) is 0 Å². The van der Waals surface area contributed by atoms with Crippen LogP contribution in [0.25, 0.3) is 0 Å². The molecule has 14 heavy (non-hydrogen) atoms. The van der Waals surface area contributed by atoms with Gasteiger partial charge < -0.3 is 15.2 Å². The summed E-state index contributed by atoms with van der Waals surface area (Å²) in [6.07, 6.45) is -0.809. The van der Waals surface area contributed by atoms with E-state index in [-0.39, 0.29) is 0 Å². The smallest absolute Gasteiger partial charge is 0.409 e. The van der Waals surface area contributed by atoms with Crippen LogP contribution in [0.1, 0.15) is 18.4 Å². The molecule has 2 N–H and O–H groups in total. The third-order valence-corrected chi connectivity index (χ3v) is 2.22. The number of carbonyl (C=O) groups is 1. The van der Waals surface area contributed by atoms with Crippen LogP contribution >= 0.6 is 0 Å². The summed E-state index contributed by atoms with van der Waals surface area (Å²) in [6.45, 7) is 2.76. The minimum Gasteiger partial charge on any atom is -0.493 e. The van der Waals surface area contributed by atoms with Crippen LogP contribution in [0.2, 0.25) is 0 Å². The van der Waals surface area contributed by atoms with Gasteiger partial charge in [-0.3, -0.25) is 0 Å². The summed E-state index contributed by atoms with van der Waals surface area (Å²) in [5.74, 6) is 1.59. The molecule has 1 unspecified atom stereocenters. The minimum absolute atomic E-state index is 0.396. The number of amides is 1. The summed E-state index contributed by atoms with van der Waals surface area (Å²) in [7, 11) is 0. The third-order valence-electron chi connectivity index (χ3n) is 2.22. The van der Waals surface area contributed by atoms with Gasteiger partial charge in [-0.2, -0.15) is 0 Å². The lowest BCUT2D eigenvalue weighted by Crippen LogP contribution is -2.16. The Morgan fingerprint density at radius 2 is 2.43 bits per heavy atom. The molecule has 74 valence electrons. The Balaban J connectivity index is 2.28. The molecule has 0 spiro atoms. The van der Waals surface area contributed by atoms with Crippen molar-refractivity contribution in [2.75, 3.05) is 6.61 Å². The van der Waals surface area contributed by atoms with E-state index in [9.17, 15) is 4.79 Å². The van der Waals surface area contributed by atoms with Gasteiger partial charge in [0.25, 0.3) is 0 Å². The molecule has 4 heteroatoms. The van der Waals surface area contributed by atoms with Gasteiger partial charge in [0, 0.05) is 17.5 Å². The summed E-state index contributed by atoms with van der Waals surface area (Å²) in [6, 6.07) is 5.30. The molecule has 0 saturated heterocycles. The average Bonchev–Trinajstić information content (AvgIpc) is 2.46. The van der Waals surface area contributed by atoms with Crippen LogP contribution in [0.15, 0.2) is 18.2 Å². The van der Waals surface area contributed by atoms with Gasteiger partial charge in [-0.05, 0) is 6.07 Å². The Hall–Kier alpha value is -1.71. The number of benzene rings is 1. The molecule has 1 aliphatic heterocycles. The fraction of sp³-hybridized carbons (Fsp3) is 0.300. The van der Waals surface area contributed by atoms with Crippen molar-refractivity contribution in [2.45, 2.75) is 12.8 Å². The van der Waals surface area contributed by atoms with Gasteiger partial charge in [-0.1, -0.05) is 13.0 Å². The summed E-state index contributed by atoms with van der Waals surface area (Å²) in [5.41, 5.74) is 6.04. The Bertz CT molecular complexity index is 376. The first-order valence-corrected chi connectivity index (χ1v) is 4.41.